The predicted molar refractivity (Wildman–Crippen MR) is 132 cm³/mol. The number of carbonyl (C=O) groups excluding carboxylic acids is 3. The molecule has 2 heterocycles. The highest BCUT2D eigenvalue weighted by Gasteiger charge is 2.40. The van der Waals surface area contributed by atoms with E-state index in [1.165, 1.54) is 5.56 Å². The van der Waals surface area contributed by atoms with Crippen molar-refractivity contribution in [3.05, 3.63) is 94.5 Å². The van der Waals surface area contributed by atoms with Gasteiger partial charge in [0.25, 0.3) is 11.8 Å². The van der Waals surface area contributed by atoms with Crippen molar-refractivity contribution in [1.82, 2.24) is 4.90 Å². The quantitative estimate of drug-likeness (QED) is 0.572. The number of hydrogen-bond donors (Lipinski definition) is 1. The lowest BCUT2D eigenvalue weighted by Crippen LogP contribution is -2.49. The van der Waals surface area contributed by atoms with Crippen molar-refractivity contribution in [3.8, 4) is 0 Å². The van der Waals surface area contributed by atoms with Gasteiger partial charge >= 0.3 is 0 Å². The van der Waals surface area contributed by atoms with Crippen LogP contribution >= 0.6 is 0 Å². The fourth-order valence-electron chi connectivity index (χ4n) is 4.95. The summed E-state index contributed by atoms with van der Waals surface area (Å²) in [6.45, 7) is 5.82. The Hall–Kier alpha value is -3.93. The molecular formula is C28H27N3O3. The maximum Gasteiger partial charge on any atom is 0.262 e. The molecular weight excluding hydrogens is 426 g/mol. The largest absolute Gasteiger partial charge is 0.378 e. The maximum atomic E-state index is 13.5. The first kappa shape index (κ1) is 21.9. The van der Waals surface area contributed by atoms with Gasteiger partial charge in [-0.15, -0.1) is 0 Å². The van der Waals surface area contributed by atoms with E-state index < -0.39 is 11.8 Å². The first-order chi connectivity index (χ1) is 16.3. The molecule has 6 nitrogen and oxygen atoms in total. The summed E-state index contributed by atoms with van der Waals surface area (Å²) < 4.78 is 0. The highest BCUT2D eigenvalue weighted by Crippen LogP contribution is 2.40. The second-order valence-corrected chi connectivity index (χ2v) is 9.22. The van der Waals surface area contributed by atoms with Crippen molar-refractivity contribution in [1.29, 1.82) is 0 Å². The van der Waals surface area contributed by atoms with Crippen LogP contribution in [0.2, 0.25) is 0 Å². The van der Waals surface area contributed by atoms with Crippen molar-refractivity contribution in [2.45, 2.75) is 39.3 Å². The minimum absolute atomic E-state index is 0.0379. The monoisotopic (exact) mass is 453 g/mol. The molecule has 0 saturated heterocycles. The van der Waals surface area contributed by atoms with Crippen LogP contribution in [0.4, 0.5) is 11.4 Å². The van der Waals surface area contributed by atoms with Crippen LogP contribution in [0.3, 0.4) is 0 Å². The number of amides is 3. The van der Waals surface area contributed by atoms with E-state index >= 15 is 0 Å². The number of rotatable bonds is 4. The third-order valence-electron chi connectivity index (χ3n) is 6.67. The third kappa shape index (κ3) is 3.75. The van der Waals surface area contributed by atoms with Gasteiger partial charge in [0.05, 0.1) is 17.2 Å². The van der Waals surface area contributed by atoms with Gasteiger partial charge in [-0.25, -0.2) is 0 Å². The zero-order chi connectivity index (χ0) is 24.0. The number of anilines is 2. The van der Waals surface area contributed by atoms with Gasteiger partial charge in [0.15, 0.2) is 0 Å². The number of imide groups is 1. The number of carbonyl (C=O) groups is 3. The number of benzene rings is 3. The zero-order valence-corrected chi connectivity index (χ0v) is 19.5. The fourth-order valence-corrected chi connectivity index (χ4v) is 4.95. The molecule has 0 bridgehead atoms. The van der Waals surface area contributed by atoms with Gasteiger partial charge in [0, 0.05) is 17.4 Å². The van der Waals surface area contributed by atoms with Gasteiger partial charge in [-0.05, 0) is 63.1 Å². The lowest BCUT2D eigenvalue weighted by Gasteiger charge is -2.40. The minimum Gasteiger partial charge on any atom is -0.378 e. The van der Waals surface area contributed by atoms with Crippen LogP contribution in [0.15, 0.2) is 66.7 Å². The SMILES string of the molecule is Cc1ccc(N[C@H]2C[C@@H](C)N(C(=O)CN3C(=O)c4ccccc4C3=O)c3ccc(C)cc32)cc1. The number of aryl methyl sites for hydroxylation is 2. The van der Waals surface area contributed by atoms with Crippen molar-refractivity contribution in [2.24, 2.45) is 0 Å². The maximum absolute atomic E-state index is 13.5. The Kier molecular flexibility index (Phi) is 5.44. The lowest BCUT2D eigenvalue weighted by atomic mass is 9.90. The first-order valence-electron chi connectivity index (χ1n) is 11.5. The molecule has 0 spiro atoms. The summed E-state index contributed by atoms with van der Waals surface area (Å²) in [5, 5.41) is 3.62. The predicted octanol–water partition coefficient (Wildman–Crippen LogP) is 4.88. The van der Waals surface area contributed by atoms with Gasteiger partial charge in [-0.2, -0.15) is 0 Å². The molecule has 3 aromatic carbocycles. The average molecular weight is 454 g/mol. The van der Waals surface area contributed by atoms with Gasteiger partial charge in [-0.3, -0.25) is 19.3 Å². The van der Waals surface area contributed by atoms with Crippen LogP contribution in [0.25, 0.3) is 0 Å². The van der Waals surface area contributed by atoms with Gasteiger partial charge in [0.2, 0.25) is 5.91 Å². The molecule has 3 aromatic rings. The van der Waals surface area contributed by atoms with Crippen LogP contribution in [-0.4, -0.2) is 35.2 Å². The van der Waals surface area contributed by atoms with E-state index in [1.807, 2.05) is 26.0 Å². The van der Waals surface area contributed by atoms with E-state index in [0.29, 0.717) is 17.5 Å². The standard InChI is InChI=1S/C28H27N3O3/c1-17-8-11-20(12-9-17)29-24-15-19(3)31(25-13-10-18(2)14-23(24)25)26(32)16-30-27(33)21-6-4-5-7-22(21)28(30)34/h4-14,19,24,29H,15-16H2,1-3H3/t19-,24+/m1/s1. The van der Waals surface area contributed by atoms with Crippen molar-refractivity contribution in [2.75, 3.05) is 16.8 Å². The van der Waals surface area contributed by atoms with Gasteiger partial charge in [-0.1, -0.05) is 47.5 Å². The van der Waals surface area contributed by atoms with Crippen LogP contribution in [0.1, 0.15) is 56.8 Å². The summed E-state index contributed by atoms with van der Waals surface area (Å²) in [6.07, 6.45) is 0.707. The van der Waals surface area contributed by atoms with E-state index in [1.54, 1.807) is 29.2 Å². The number of hydrogen-bond acceptors (Lipinski definition) is 4. The summed E-state index contributed by atoms with van der Waals surface area (Å²) in [6, 6.07) is 21.0. The Morgan fingerprint density at radius 1 is 0.912 bits per heavy atom. The Bertz CT molecular complexity index is 1260. The number of fused-ring (bicyclic) bond motifs is 2. The Labute approximate surface area is 199 Å². The highest BCUT2D eigenvalue weighted by atomic mass is 16.2. The Balaban J connectivity index is 1.43. The lowest BCUT2D eigenvalue weighted by molar-refractivity contribution is -0.119. The highest BCUT2D eigenvalue weighted by molar-refractivity contribution is 6.22. The molecule has 2 aliphatic rings. The number of nitrogens with zero attached hydrogens (tertiary/aromatic N) is 2. The molecule has 3 amide bonds. The van der Waals surface area contributed by atoms with Gasteiger partial charge in [0.1, 0.15) is 6.54 Å². The van der Waals surface area contributed by atoms with E-state index in [0.717, 1.165) is 27.4 Å². The molecule has 0 fully saturated rings. The van der Waals surface area contributed by atoms with Crippen LogP contribution < -0.4 is 10.2 Å². The zero-order valence-electron chi connectivity index (χ0n) is 19.5. The molecule has 6 heteroatoms. The Morgan fingerprint density at radius 2 is 1.53 bits per heavy atom. The minimum atomic E-state index is -0.415. The van der Waals surface area contributed by atoms with E-state index in [4.69, 9.17) is 0 Å². The molecule has 172 valence electrons. The molecule has 0 aliphatic carbocycles. The van der Waals surface area contributed by atoms with Crippen molar-refractivity contribution >= 4 is 29.1 Å². The van der Waals surface area contributed by atoms with Crippen LogP contribution in [-0.2, 0) is 4.79 Å². The summed E-state index contributed by atoms with van der Waals surface area (Å²) in [5.41, 5.74) is 5.89. The summed E-state index contributed by atoms with van der Waals surface area (Å²) in [7, 11) is 0. The summed E-state index contributed by atoms with van der Waals surface area (Å²) in [4.78, 5) is 41.9. The molecule has 2 aliphatic heterocycles. The van der Waals surface area contributed by atoms with E-state index in [2.05, 4.69) is 42.6 Å². The molecule has 0 unspecified atom stereocenters. The van der Waals surface area contributed by atoms with Crippen molar-refractivity contribution in [3.63, 3.8) is 0 Å². The second kappa shape index (κ2) is 8.45. The normalized spacial score (nSPS) is 19.1. The third-order valence-corrected chi connectivity index (χ3v) is 6.67. The molecule has 0 saturated carbocycles. The molecule has 0 aromatic heterocycles. The molecule has 1 N–H and O–H groups in total. The number of nitrogens with one attached hydrogen (secondary N) is 1. The van der Waals surface area contributed by atoms with Gasteiger partial charge < -0.3 is 10.2 Å². The molecule has 5 rings (SSSR count). The second-order valence-electron chi connectivity index (χ2n) is 9.22. The average Bonchev–Trinajstić information content (AvgIpc) is 3.06. The van der Waals surface area contributed by atoms with Crippen molar-refractivity contribution < 1.29 is 14.4 Å². The van der Waals surface area contributed by atoms with E-state index in [-0.39, 0.29) is 24.5 Å². The molecule has 0 radical (unpaired) electrons. The Morgan fingerprint density at radius 3 is 2.18 bits per heavy atom. The fraction of sp³-hybridized carbons (Fsp3) is 0.250. The molecule has 34 heavy (non-hydrogen) atoms. The first-order valence-corrected chi connectivity index (χ1v) is 11.5. The summed E-state index contributed by atoms with van der Waals surface area (Å²) in [5.74, 6) is -1.09. The van der Waals surface area contributed by atoms with E-state index in [9.17, 15) is 14.4 Å². The topological polar surface area (TPSA) is 69.7 Å². The van der Waals surface area contributed by atoms with Crippen LogP contribution in [0.5, 0.6) is 0 Å². The smallest absolute Gasteiger partial charge is 0.262 e. The molecule has 2 atom stereocenters. The summed E-state index contributed by atoms with van der Waals surface area (Å²) >= 11 is 0. The van der Waals surface area contributed by atoms with Crippen LogP contribution in [0, 0.1) is 13.8 Å².